The van der Waals surface area contributed by atoms with E-state index in [9.17, 15) is 16.8 Å². The van der Waals surface area contributed by atoms with Gasteiger partial charge in [0.05, 0.1) is 4.34 Å². The molecule has 0 unspecified atom stereocenters. The minimum Gasteiger partial charge on any atom is -0.206 e. The molecular formula is C15H24ClN3O4S3. The molecule has 0 N–H and O–H groups in total. The molecule has 0 aromatic carbocycles. The van der Waals surface area contributed by atoms with Gasteiger partial charge in [-0.3, -0.25) is 0 Å². The van der Waals surface area contributed by atoms with Gasteiger partial charge in [-0.2, -0.15) is 21.3 Å². The van der Waals surface area contributed by atoms with Gasteiger partial charge in [-0.05, 0) is 30.4 Å². The van der Waals surface area contributed by atoms with Crippen molar-refractivity contribution in [2.75, 3.05) is 39.3 Å². The van der Waals surface area contributed by atoms with Crippen LogP contribution in [0.1, 0.15) is 20.3 Å². The SMILES string of the molecule is C[C@@H]1C[C@H](C)CN(S(=O)(=O)N2CCN(S(=O)(=O)c3ccc(Cl)s3)CC2)C1. The van der Waals surface area contributed by atoms with E-state index >= 15 is 0 Å². The van der Waals surface area contributed by atoms with Crippen LogP contribution in [0.15, 0.2) is 16.3 Å². The van der Waals surface area contributed by atoms with Gasteiger partial charge in [0.15, 0.2) is 0 Å². The fourth-order valence-electron chi connectivity index (χ4n) is 3.66. The maximum atomic E-state index is 12.9. The average Bonchev–Trinajstić information content (AvgIpc) is 3.01. The number of hydrogen-bond donors (Lipinski definition) is 0. The third kappa shape index (κ3) is 4.11. The van der Waals surface area contributed by atoms with Crippen molar-refractivity contribution >= 4 is 43.2 Å². The first-order valence-corrected chi connectivity index (χ1v) is 12.6. The number of nitrogens with zero attached hydrogens (tertiary/aromatic N) is 3. The second-order valence-corrected chi connectivity index (χ2v) is 12.9. The second-order valence-electron chi connectivity index (χ2n) is 7.13. The molecule has 3 heterocycles. The van der Waals surface area contributed by atoms with Crippen molar-refractivity contribution in [1.82, 2.24) is 12.9 Å². The van der Waals surface area contributed by atoms with Gasteiger partial charge in [0.1, 0.15) is 4.21 Å². The lowest BCUT2D eigenvalue weighted by molar-refractivity contribution is 0.197. The van der Waals surface area contributed by atoms with Crippen LogP contribution < -0.4 is 0 Å². The summed E-state index contributed by atoms with van der Waals surface area (Å²) in [5.74, 6) is 0.664. The Morgan fingerprint density at radius 3 is 1.96 bits per heavy atom. The maximum Gasteiger partial charge on any atom is 0.282 e. The summed E-state index contributed by atoms with van der Waals surface area (Å²) in [5, 5.41) is 0. The van der Waals surface area contributed by atoms with Crippen molar-refractivity contribution in [2.24, 2.45) is 11.8 Å². The number of piperidine rings is 1. The first kappa shape index (κ1) is 20.5. The molecule has 0 spiro atoms. The van der Waals surface area contributed by atoms with Crippen molar-refractivity contribution in [3.63, 3.8) is 0 Å². The van der Waals surface area contributed by atoms with Crippen LogP contribution in [0.25, 0.3) is 0 Å². The molecule has 148 valence electrons. The van der Waals surface area contributed by atoms with Crippen LogP contribution in [0.2, 0.25) is 4.34 Å². The quantitative estimate of drug-likeness (QED) is 0.715. The van der Waals surface area contributed by atoms with E-state index in [1.54, 1.807) is 10.4 Å². The molecule has 2 fully saturated rings. The topological polar surface area (TPSA) is 78.0 Å². The Labute approximate surface area is 164 Å². The van der Waals surface area contributed by atoms with Crippen LogP contribution in [-0.4, -0.2) is 69.0 Å². The lowest BCUT2D eigenvalue weighted by Gasteiger charge is -2.39. The predicted molar refractivity (Wildman–Crippen MR) is 103 cm³/mol. The molecule has 2 aliphatic heterocycles. The van der Waals surface area contributed by atoms with Gasteiger partial charge in [-0.1, -0.05) is 25.4 Å². The molecule has 0 aliphatic carbocycles. The fraction of sp³-hybridized carbons (Fsp3) is 0.733. The normalized spacial score (nSPS) is 27.7. The monoisotopic (exact) mass is 441 g/mol. The molecule has 1 aromatic rings. The van der Waals surface area contributed by atoms with Gasteiger partial charge >= 0.3 is 0 Å². The zero-order valence-electron chi connectivity index (χ0n) is 14.8. The van der Waals surface area contributed by atoms with E-state index in [4.69, 9.17) is 11.6 Å². The van der Waals surface area contributed by atoms with Gasteiger partial charge in [0.25, 0.3) is 20.2 Å². The zero-order chi connectivity index (χ0) is 19.1. The van der Waals surface area contributed by atoms with E-state index in [1.165, 1.54) is 14.7 Å². The zero-order valence-corrected chi connectivity index (χ0v) is 18.0. The van der Waals surface area contributed by atoms with E-state index in [1.807, 2.05) is 0 Å². The van der Waals surface area contributed by atoms with E-state index in [0.717, 1.165) is 17.8 Å². The Balaban J connectivity index is 1.68. The first-order chi connectivity index (χ1) is 12.1. The Morgan fingerprint density at radius 2 is 1.46 bits per heavy atom. The molecule has 2 atom stereocenters. The second kappa shape index (κ2) is 7.65. The summed E-state index contributed by atoms with van der Waals surface area (Å²) >= 11 is 6.85. The largest absolute Gasteiger partial charge is 0.282 e. The number of halogens is 1. The smallest absolute Gasteiger partial charge is 0.206 e. The molecule has 26 heavy (non-hydrogen) atoms. The van der Waals surface area contributed by atoms with Crippen molar-refractivity contribution < 1.29 is 16.8 Å². The lowest BCUT2D eigenvalue weighted by Crippen LogP contribution is -2.56. The highest BCUT2D eigenvalue weighted by molar-refractivity contribution is 7.91. The summed E-state index contributed by atoms with van der Waals surface area (Å²) < 4.78 is 56.0. The number of sulfonamides is 1. The summed E-state index contributed by atoms with van der Waals surface area (Å²) in [5.41, 5.74) is 0. The molecule has 2 saturated heterocycles. The van der Waals surface area contributed by atoms with Crippen LogP contribution >= 0.6 is 22.9 Å². The molecule has 2 aliphatic rings. The average molecular weight is 442 g/mol. The van der Waals surface area contributed by atoms with Gasteiger partial charge in [-0.25, -0.2) is 8.42 Å². The van der Waals surface area contributed by atoms with Crippen LogP contribution in [-0.2, 0) is 20.2 Å². The first-order valence-electron chi connectivity index (χ1n) is 8.61. The Kier molecular flexibility index (Phi) is 6.03. The van der Waals surface area contributed by atoms with E-state index in [-0.39, 0.29) is 30.4 Å². The number of hydrogen-bond acceptors (Lipinski definition) is 5. The molecule has 0 bridgehead atoms. The van der Waals surface area contributed by atoms with E-state index in [2.05, 4.69) is 13.8 Å². The van der Waals surface area contributed by atoms with E-state index in [0.29, 0.717) is 29.3 Å². The van der Waals surface area contributed by atoms with Crippen LogP contribution in [0.4, 0.5) is 0 Å². The summed E-state index contributed by atoms with van der Waals surface area (Å²) in [6, 6.07) is 3.04. The summed E-state index contributed by atoms with van der Waals surface area (Å²) in [6.07, 6.45) is 1.03. The van der Waals surface area contributed by atoms with Gasteiger partial charge in [0, 0.05) is 39.3 Å². The third-order valence-corrected chi connectivity index (χ3v) is 10.4. The lowest BCUT2D eigenvalue weighted by atomic mass is 9.94. The number of thiophene rings is 1. The summed E-state index contributed by atoms with van der Waals surface area (Å²) in [6.45, 7) is 5.81. The molecule has 11 heteroatoms. The minimum atomic E-state index is -3.62. The Morgan fingerprint density at radius 1 is 0.923 bits per heavy atom. The molecular weight excluding hydrogens is 418 g/mol. The number of piperazine rings is 1. The van der Waals surface area contributed by atoms with Gasteiger partial charge in [-0.15, -0.1) is 11.3 Å². The van der Waals surface area contributed by atoms with Crippen LogP contribution in [0.5, 0.6) is 0 Å². The Hall–Kier alpha value is -0.230. The molecule has 1 aromatic heterocycles. The minimum absolute atomic E-state index is 0.149. The van der Waals surface area contributed by atoms with Crippen molar-refractivity contribution in [2.45, 2.75) is 24.5 Å². The Bertz CT molecular complexity index is 837. The third-order valence-electron chi connectivity index (χ3n) is 4.83. The molecule has 0 amide bonds. The van der Waals surface area contributed by atoms with Crippen LogP contribution in [0.3, 0.4) is 0 Å². The maximum absolute atomic E-state index is 12.9. The van der Waals surface area contributed by atoms with Crippen molar-refractivity contribution in [3.05, 3.63) is 16.5 Å². The highest BCUT2D eigenvalue weighted by Gasteiger charge is 2.38. The molecule has 0 saturated carbocycles. The summed E-state index contributed by atoms with van der Waals surface area (Å²) in [4.78, 5) is 0. The predicted octanol–water partition coefficient (Wildman–Crippen LogP) is 1.93. The highest BCUT2D eigenvalue weighted by atomic mass is 35.5. The molecule has 0 radical (unpaired) electrons. The summed E-state index contributed by atoms with van der Waals surface area (Å²) in [7, 11) is -7.17. The highest BCUT2D eigenvalue weighted by Crippen LogP contribution is 2.30. The van der Waals surface area contributed by atoms with Crippen molar-refractivity contribution in [3.8, 4) is 0 Å². The standard InChI is InChI=1S/C15H24ClN3O4S3/c1-12-9-13(2)11-19(10-12)26(22,23)18-7-5-17(6-8-18)25(20,21)15-4-3-14(16)24-15/h3-4,12-13H,5-11H2,1-2H3/t12-,13+. The van der Waals surface area contributed by atoms with Crippen LogP contribution in [0, 0.1) is 11.8 Å². The van der Waals surface area contributed by atoms with Crippen molar-refractivity contribution in [1.29, 1.82) is 0 Å². The van der Waals surface area contributed by atoms with Gasteiger partial charge in [0.2, 0.25) is 0 Å². The number of rotatable bonds is 4. The molecule has 7 nitrogen and oxygen atoms in total. The van der Waals surface area contributed by atoms with E-state index < -0.39 is 20.2 Å². The molecule has 3 rings (SSSR count). The fourth-order valence-corrected chi connectivity index (χ4v) is 8.56. The van der Waals surface area contributed by atoms with Gasteiger partial charge < -0.3 is 0 Å².